The lowest BCUT2D eigenvalue weighted by molar-refractivity contribution is -0.384. The molecular formula is C15H22N2O3. The monoisotopic (exact) mass is 278 g/mol. The van der Waals surface area contributed by atoms with Crippen LogP contribution in [-0.4, -0.2) is 17.1 Å². The van der Waals surface area contributed by atoms with Gasteiger partial charge in [-0.25, -0.2) is 0 Å². The zero-order chi connectivity index (χ0) is 14.7. The van der Waals surface area contributed by atoms with Crippen LogP contribution in [0, 0.1) is 16.0 Å². The number of ether oxygens (including phenoxy) is 1. The molecule has 1 saturated carbocycles. The van der Waals surface area contributed by atoms with Crippen molar-refractivity contribution in [3.8, 4) is 5.75 Å². The molecule has 0 spiro atoms. The third kappa shape index (κ3) is 3.62. The number of hydrogen-bond donors (Lipinski definition) is 1. The highest BCUT2D eigenvalue weighted by Crippen LogP contribution is 2.33. The second kappa shape index (κ2) is 6.11. The minimum Gasteiger partial charge on any atom is -0.491 e. The van der Waals surface area contributed by atoms with Crippen LogP contribution in [0.2, 0.25) is 0 Å². The standard InChI is InChI=1S/C15H22N2O3/c1-10(2)20-15-8-13(7-14(9-15)17(18)19)16-11(3)12-5-4-6-12/h7-12,16H,4-6H2,1-3H3. The molecule has 1 aromatic rings. The van der Waals surface area contributed by atoms with Crippen LogP contribution in [0.25, 0.3) is 0 Å². The van der Waals surface area contributed by atoms with Gasteiger partial charge in [0.15, 0.2) is 0 Å². The largest absolute Gasteiger partial charge is 0.491 e. The summed E-state index contributed by atoms with van der Waals surface area (Å²) >= 11 is 0. The highest BCUT2D eigenvalue weighted by molar-refractivity contribution is 5.56. The maximum absolute atomic E-state index is 11.0. The van der Waals surface area contributed by atoms with Gasteiger partial charge in [-0.1, -0.05) is 6.42 Å². The molecule has 1 aliphatic carbocycles. The van der Waals surface area contributed by atoms with Gasteiger partial charge in [-0.2, -0.15) is 0 Å². The van der Waals surface area contributed by atoms with Crippen LogP contribution in [0.1, 0.15) is 40.0 Å². The van der Waals surface area contributed by atoms with Crippen LogP contribution >= 0.6 is 0 Å². The van der Waals surface area contributed by atoms with Gasteiger partial charge in [-0.3, -0.25) is 10.1 Å². The predicted octanol–water partition coefficient (Wildman–Crippen LogP) is 3.98. The number of nitrogens with one attached hydrogen (secondary N) is 1. The summed E-state index contributed by atoms with van der Waals surface area (Å²) in [4.78, 5) is 10.6. The molecule has 5 heteroatoms. The Bertz CT molecular complexity index is 484. The Kier molecular flexibility index (Phi) is 4.47. The molecule has 0 bridgehead atoms. The Balaban J connectivity index is 2.17. The third-order valence-electron chi connectivity index (χ3n) is 3.73. The normalized spacial score (nSPS) is 16.6. The lowest BCUT2D eigenvalue weighted by Crippen LogP contribution is -2.30. The molecule has 1 aromatic carbocycles. The SMILES string of the molecule is CC(C)Oc1cc(NC(C)C2CCC2)cc([N+](=O)[O-])c1. The average molecular weight is 278 g/mol. The summed E-state index contributed by atoms with van der Waals surface area (Å²) in [7, 11) is 0. The first kappa shape index (κ1) is 14.6. The van der Waals surface area contributed by atoms with E-state index in [4.69, 9.17) is 4.74 Å². The van der Waals surface area contributed by atoms with E-state index in [0.717, 1.165) is 5.69 Å². The molecular weight excluding hydrogens is 256 g/mol. The van der Waals surface area contributed by atoms with Crippen LogP contribution in [0.5, 0.6) is 5.75 Å². The summed E-state index contributed by atoms with van der Waals surface area (Å²) < 4.78 is 5.58. The molecule has 0 aliphatic heterocycles. The van der Waals surface area contributed by atoms with E-state index in [0.29, 0.717) is 17.7 Å². The van der Waals surface area contributed by atoms with Crippen molar-refractivity contribution in [3.05, 3.63) is 28.3 Å². The molecule has 20 heavy (non-hydrogen) atoms. The highest BCUT2D eigenvalue weighted by atomic mass is 16.6. The quantitative estimate of drug-likeness (QED) is 0.631. The van der Waals surface area contributed by atoms with E-state index in [-0.39, 0.29) is 16.7 Å². The van der Waals surface area contributed by atoms with Crippen LogP contribution in [-0.2, 0) is 0 Å². The van der Waals surface area contributed by atoms with Gasteiger partial charge in [-0.05, 0) is 39.5 Å². The van der Waals surface area contributed by atoms with Gasteiger partial charge in [0.2, 0.25) is 0 Å². The fraction of sp³-hybridized carbons (Fsp3) is 0.600. The summed E-state index contributed by atoms with van der Waals surface area (Å²) in [5, 5.41) is 14.4. The predicted molar refractivity (Wildman–Crippen MR) is 79.3 cm³/mol. The molecule has 1 N–H and O–H groups in total. The van der Waals surface area contributed by atoms with E-state index in [9.17, 15) is 10.1 Å². The number of hydrogen-bond acceptors (Lipinski definition) is 4. The lowest BCUT2D eigenvalue weighted by Gasteiger charge is -2.32. The fourth-order valence-corrected chi connectivity index (χ4v) is 2.43. The van der Waals surface area contributed by atoms with E-state index in [1.165, 1.54) is 25.3 Å². The molecule has 0 saturated heterocycles. The Hall–Kier alpha value is -1.78. The van der Waals surface area contributed by atoms with E-state index < -0.39 is 0 Å². The zero-order valence-corrected chi connectivity index (χ0v) is 12.3. The second-order valence-electron chi connectivity index (χ2n) is 5.76. The Labute approximate surface area is 119 Å². The average Bonchev–Trinajstić information content (AvgIpc) is 2.24. The molecule has 0 amide bonds. The van der Waals surface area contributed by atoms with Crippen LogP contribution in [0.4, 0.5) is 11.4 Å². The summed E-state index contributed by atoms with van der Waals surface area (Å²) in [6, 6.07) is 5.21. The van der Waals surface area contributed by atoms with Gasteiger partial charge in [0.05, 0.1) is 17.1 Å². The van der Waals surface area contributed by atoms with Crippen LogP contribution < -0.4 is 10.1 Å². The second-order valence-corrected chi connectivity index (χ2v) is 5.76. The van der Waals surface area contributed by atoms with Crippen molar-refractivity contribution >= 4 is 11.4 Å². The van der Waals surface area contributed by atoms with Crippen LogP contribution in [0.15, 0.2) is 18.2 Å². The van der Waals surface area contributed by atoms with Crippen LogP contribution in [0.3, 0.4) is 0 Å². The maximum Gasteiger partial charge on any atom is 0.275 e. The molecule has 110 valence electrons. The summed E-state index contributed by atoms with van der Waals surface area (Å²) in [6.45, 7) is 5.94. The van der Waals surface area contributed by atoms with Gasteiger partial charge in [0.1, 0.15) is 5.75 Å². The van der Waals surface area contributed by atoms with Gasteiger partial charge in [0, 0.05) is 23.9 Å². The van der Waals surface area contributed by atoms with Crippen molar-refractivity contribution in [1.29, 1.82) is 0 Å². The third-order valence-corrected chi connectivity index (χ3v) is 3.73. The van der Waals surface area contributed by atoms with Gasteiger partial charge in [0.25, 0.3) is 5.69 Å². The van der Waals surface area contributed by atoms with Gasteiger partial charge < -0.3 is 10.1 Å². The molecule has 1 unspecified atom stereocenters. The Morgan fingerprint density at radius 3 is 2.50 bits per heavy atom. The molecule has 2 rings (SSSR count). The number of nitrogens with zero attached hydrogens (tertiary/aromatic N) is 1. The maximum atomic E-state index is 11.0. The highest BCUT2D eigenvalue weighted by Gasteiger charge is 2.24. The smallest absolute Gasteiger partial charge is 0.275 e. The van der Waals surface area contributed by atoms with Gasteiger partial charge in [-0.15, -0.1) is 0 Å². The molecule has 0 aromatic heterocycles. The summed E-state index contributed by atoms with van der Waals surface area (Å²) in [5.41, 5.74) is 0.820. The van der Waals surface area contributed by atoms with E-state index in [2.05, 4.69) is 12.2 Å². The number of nitro benzene ring substituents is 1. The van der Waals surface area contributed by atoms with E-state index in [1.54, 1.807) is 6.07 Å². The Morgan fingerprint density at radius 1 is 1.30 bits per heavy atom. The summed E-state index contributed by atoms with van der Waals surface area (Å²) in [5.74, 6) is 1.21. The molecule has 1 atom stereocenters. The fourth-order valence-electron chi connectivity index (χ4n) is 2.43. The van der Waals surface area contributed by atoms with Crippen molar-refractivity contribution in [2.45, 2.75) is 52.2 Å². The lowest BCUT2D eigenvalue weighted by atomic mass is 9.80. The number of anilines is 1. The van der Waals surface area contributed by atoms with Crippen molar-refractivity contribution < 1.29 is 9.66 Å². The number of rotatable bonds is 6. The van der Waals surface area contributed by atoms with Crippen molar-refractivity contribution in [2.75, 3.05) is 5.32 Å². The first-order valence-electron chi connectivity index (χ1n) is 7.18. The molecule has 1 fully saturated rings. The first-order valence-corrected chi connectivity index (χ1v) is 7.18. The molecule has 0 radical (unpaired) electrons. The first-order chi connectivity index (χ1) is 9.45. The number of nitro groups is 1. The minimum atomic E-state index is -0.383. The zero-order valence-electron chi connectivity index (χ0n) is 12.3. The molecule has 1 aliphatic rings. The Morgan fingerprint density at radius 2 is 2.00 bits per heavy atom. The topological polar surface area (TPSA) is 64.4 Å². The number of non-ortho nitro benzene ring substituents is 1. The minimum absolute atomic E-state index is 0.00564. The number of benzene rings is 1. The van der Waals surface area contributed by atoms with Gasteiger partial charge >= 0.3 is 0 Å². The van der Waals surface area contributed by atoms with Crippen molar-refractivity contribution in [1.82, 2.24) is 0 Å². The summed E-state index contributed by atoms with van der Waals surface area (Å²) in [6.07, 6.45) is 3.75. The van der Waals surface area contributed by atoms with Crippen molar-refractivity contribution in [2.24, 2.45) is 5.92 Å². The molecule has 5 nitrogen and oxygen atoms in total. The van der Waals surface area contributed by atoms with E-state index >= 15 is 0 Å². The van der Waals surface area contributed by atoms with E-state index in [1.807, 2.05) is 19.9 Å². The van der Waals surface area contributed by atoms with Crippen molar-refractivity contribution in [3.63, 3.8) is 0 Å². The molecule has 0 heterocycles.